The van der Waals surface area contributed by atoms with Crippen molar-refractivity contribution in [2.45, 2.75) is 25.1 Å². The number of primary amides is 1. The molecule has 0 aliphatic carbocycles. The number of amides is 1. The van der Waals surface area contributed by atoms with Crippen LogP contribution in [0.4, 0.5) is 0 Å². The molecular formula is C11H14BrNO. The summed E-state index contributed by atoms with van der Waals surface area (Å²) in [7, 11) is 0. The molecule has 2 nitrogen and oxygen atoms in total. The number of hydrogen-bond donors (Lipinski definition) is 1. The van der Waals surface area contributed by atoms with Crippen LogP contribution in [-0.2, 0) is 11.2 Å². The van der Waals surface area contributed by atoms with Crippen LogP contribution in [0.5, 0.6) is 0 Å². The fourth-order valence-corrected chi connectivity index (χ4v) is 1.68. The summed E-state index contributed by atoms with van der Waals surface area (Å²) in [5, 5.41) is 0. The fourth-order valence-electron chi connectivity index (χ4n) is 1.33. The summed E-state index contributed by atoms with van der Waals surface area (Å²) in [6.07, 6.45) is 0.656. The highest BCUT2D eigenvalue weighted by Gasteiger charge is 2.12. The maximum absolute atomic E-state index is 10.9. The third kappa shape index (κ3) is 2.58. The quantitative estimate of drug-likeness (QED) is 0.827. The van der Waals surface area contributed by atoms with Gasteiger partial charge in [0.2, 0.25) is 5.91 Å². The van der Waals surface area contributed by atoms with E-state index in [4.69, 9.17) is 5.73 Å². The first-order valence-corrected chi connectivity index (χ1v) is 5.42. The molecule has 0 radical (unpaired) electrons. The summed E-state index contributed by atoms with van der Waals surface area (Å²) in [5.41, 5.74) is 8.83. The van der Waals surface area contributed by atoms with Gasteiger partial charge in [0.25, 0.3) is 0 Å². The maximum Gasteiger partial charge on any atom is 0.231 e. The molecule has 1 rings (SSSR count). The molecule has 0 aromatic heterocycles. The lowest BCUT2D eigenvalue weighted by atomic mass is 10.00. The summed E-state index contributed by atoms with van der Waals surface area (Å²) in [5.74, 6) is -0.314. The lowest BCUT2D eigenvalue weighted by molar-refractivity contribution is -0.117. The van der Waals surface area contributed by atoms with Crippen molar-refractivity contribution >= 4 is 21.8 Å². The molecule has 14 heavy (non-hydrogen) atoms. The van der Waals surface area contributed by atoms with Gasteiger partial charge >= 0.3 is 0 Å². The Morgan fingerprint density at radius 2 is 2.14 bits per heavy atom. The van der Waals surface area contributed by atoms with E-state index in [1.165, 1.54) is 16.7 Å². The zero-order valence-electron chi connectivity index (χ0n) is 8.38. The molecule has 0 heterocycles. The Bertz CT molecular complexity index is 349. The van der Waals surface area contributed by atoms with E-state index in [9.17, 15) is 4.79 Å². The minimum absolute atomic E-state index is 0.275. The SMILES string of the molecule is Cc1cccc(CC(Br)C(N)=O)c1C. The highest BCUT2D eigenvalue weighted by Crippen LogP contribution is 2.17. The summed E-state index contributed by atoms with van der Waals surface area (Å²) in [6.45, 7) is 4.12. The van der Waals surface area contributed by atoms with E-state index in [2.05, 4.69) is 35.8 Å². The van der Waals surface area contributed by atoms with Crippen LogP contribution in [0.15, 0.2) is 18.2 Å². The largest absolute Gasteiger partial charge is 0.369 e. The second-order valence-electron chi connectivity index (χ2n) is 3.43. The highest BCUT2D eigenvalue weighted by molar-refractivity contribution is 9.10. The summed E-state index contributed by atoms with van der Waals surface area (Å²) in [6, 6.07) is 6.09. The molecule has 0 fully saturated rings. The van der Waals surface area contributed by atoms with Crippen molar-refractivity contribution in [1.29, 1.82) is 0 Å². The molecule has 0 aliphatic rings. The molecule has 3 heteroatoms. The van der Waals surface area contributed by atoms with Gasteiger partial charge in [-0.25, -0.2) is 0 Å². The Balaban J connectivity index is 2.87. The van der Waals surface area contributed by atoms with Gasteiger partial charge in [-0.05, 0) is 37.0 Å². The van der Waals surface area contributed by atoms with Crippen LogP contribution in [0.2, 0.25) is 0 Å². The number of rotatable bonds is 3. The molecule has 76 valence electrons. The zero-order chi connectivity index (χ0) is 10.7. The molecule has 1 amide bonds. The number of aryl methyl sites for hydroxylation is 1. The Morgan fingerprint density at radius 3 is 2.71 bits per heavy atom. The number of hydrogen-bond acceptors (Lipinski definition) is 1. The second-order valence-corrected chi connectivity index (χ2v) is 4.54. The van der Waals surface area contributed by atoms with Gasteiger partial charge in [0.1, 0.15) is 0 Å². The van der Waals surface area contributed by atoms with Crippen LogP contribution in [0.3, 0.4) is 0 Å². The molecule has 1 aromatic carbocycles. The smallest absolute Gasteiger partial charge is 0.231 e. The van der Waals surface area contributed by atoms with Gasteiger partial charge in [0, 0.05) is 0 Å². The van der Waals surface area contributed by atoms with Crippen LogP contribution in [-0.4, -0.2) is 10.7 Å². The van der Waals surface area contributed by atoms with E-state index < -0.39 is 0 Å². The van der Waals surface area contributed by atoms with Gasteiger partial charge in [-0.3, -0.25) is 4.79 Å². The van der Waals surface area contributed by atoms with Gasteiger partial charge in [0.15, 0.2) is 0 Å². The summed E-state index contributed by atoms with van der Waals surface area (Å²) in [4.78, 5) is 10.6. The lowest BCUT2D eigenvalue weighted by Crippen LogP contribution is -2.25. The van der Waals surface area contributed by atoms with Crippen molar-refractivity contribution in [3.63, 3.8) is 0 Å². The number of benzene rings is 1. The molecule has 1 atom stereocenters. The Morgan fingerprint density at radius 1 is 1.50 bits per heavy atom. The third-order valence-electron chi connectivity index (χ3n) is 2.42. The fraction of sp³-hybridized carbons (Fsp3) is 0.364. The molecule has 1 unspecified atom stereocenters. The van der Waals surface area contributed by atoms with E-state index in [1.54, 1.807) is 0 Å². The van der Waals surface area contributed by atoms with Crippen molar-refractivity contribution < 1.29 is 4.79 Å². The molecule has 0 aliphatic heterocycles. The van der Waals surface area contributed by atoms with E-state index in [0.29, 0.717) is 6.42 Å². The molecule has 0 saturated carbocycles. The van der Waals surface area contributed by atoms with Gasteiger partial charge < -0.3 is 5.73 Å². The molecule has 0 saturated heterocycles. The van der Waals surface area contributed by atoms with Crippen molar-refractivity contribution in [1.82, 2.24) is 0 Å². The summed E-state index contributed by atoms with van der Waals surface area (Å²) < 4.78 is 0. The standard InChI is InChI=1S/C11H14BrNO/c1-7-4-3-5-9(8(7)2)6-10(12)11(13)14/h3-5,10H,6H2,1-2H3,(H2,13,14). The highest BCUT2D eigenvalue weighted by atomic mass is 79.9. The first-order chi connectivity index (χ1) is 6.52. The monoisotopic (exact) mass is 255 g/mol. The van der Waals surface area contributed by atoms with Crippen LogP contribution in [0.25, 0.3) is 0 Å². The minimum Gasteiger partial charge on any atom is -0.369 e. The van der Waals surface area contributed by atoms with Crippen LogP contribution in [0, 0.1) is 13.8 Å². The van der Waals surface area contributed by atoms with E-state index >= 15 is 0 Å². The van der Waals surface area contributed by atoms with Crippen molar-refractivity contribution in [3.05, 3.63) is 34.9 Å². The number of nitrogens with two attached hydrogens (primary N) is 1. The first kappa shape index (κ1) is 11.2. The normalized spacial score (nSPS) is 12.5. The minimum atomic E-state index is -0.314. The Kier molecular flexibility index (Phi) is 3.69. The average Bonchev–Trinajstić information content (AvgIpc) is 2.12. The summed E-state index contributed by atoms with van der Waals surface area (Å²) >= 11 is 3.26. The predicted octanol–water partition coefficient (Wildman–Crippen LogP) is 2.09. The van der Waals surface area contributed by atoms with Gasteiger partial charge in [-0.1, -0.05) is 34.1 Å². The molecule has 2 N–H and O–H groups in total. The van der Waals surface area contributed by atoms with Crippen LogP contribution >= 0.6 is 15.9 Å². The van der Waals surface area contributed by atoms with E-state index in [1.807, 2.05) is 12.1 Å². The van der Waals surface area contributed by atoms with Crippen LogP contribution in [0.1, 0.15) is 16.7 Å². The van der Waals surface area contributed by atoms with Gasteiger partial charge in [-0.2, -0.15) is 0 Å². The Labute approximate surface area is 92.6 Å². The molecule has 0 spiro atoms. The molecular weight excluding hydrogens is 242 g/mol. The van der Waals surface area contributed by atoms with Gasteiger partial charge in [0.05, 0.1) is 4.83 Å². The van der Waals surface area contributed by atoms with Crippen LogP contribution < -0.4 is 5.73 Å². The Hall–Kier alpha value is -0.830. The molecule has 1 aromatic rings. The van der Waals surface area contributed by atoms with Gasteiger partial charge in [-0.15, -0.1) is 0 Å². The zero-order valence-corrected chi connectivity index (χ0v) is 9.97. The molecule has 0 bridgehead atoms. The van der Waals surface area contributed by atoms with Crippen molar-refractivity contribution in [3.8, 4) is 0 Å². The predicted molar refractivity (Wildman–Crippen MR) is 61.5 cm³/mol. The first-order valence-electron chi connectivity index (χ1n) is 4.51. The third-order valence-corrected chi connectivity index (χ3v) is 3.20. The van der Waals surface area contributed by atoms with E-state index in [-0.39, 0.29) is 10.7 Å². The number of carbonyl (C=O) groups excluding carboxylic acids is 1. The maximum atomic E-state index is 10.9. The second kappa shape index (κ2) is 4.60. The topological polar surface area (TPSA) is 43.1 Å². The average molecular weight is 256 g/mol. The lowest BCUT2D eigenvalue weighted by Gasteiger charge is -2.10. The van der Waals surface area contributed by atoms with Crippen molar-refractivity contribution in [2.24, 2.45) is 5.73 Å². The number of halogens is 1. The number of carbonyl (C=O) groups is 1. The van der Waals surface area contributed by atoms with Crippen molar-refractivity contribution in [2.75, 3.05) is 0 Å². The number of alkyl halides is 1. The van der Waals surface area contributed by atoms with E-state index in [0.717, 1.165) is 0 Å².